The summed E-state index contributed by atoms with van der Waals surface area (Å²) in [7, 11) is 1.50. The average molecular weight is 392 g/mol. The van der Waals surface area contributed by atoms with E-state index in [4.69, 9.17) is 4.74 Å². The molecule has 2 aromatic carbocycles. The van der Waals surface area contributed by atoms with Gasteiger partial charge in [-0.05, 0) is 36.2 Å². The molecule has 0 bridgehead atoms. The number of nitrogens with one attached hydrogen (secondary N) is 2. The van der Waals surface area contributed by atoms with Gasteiger partial charge in [-0.25, -0.2) is 0 Å². The van der Waals surface area contributed by atoms with Crippen LogP contribution in [0.5, 0.6) is 5.75 Å². The third kappa shape index (κ3) is 4.11. The zero-order chi connectivity index (χ0) is 20.3. The Labute approximate surface area is 159 Å². The van der Waals surface area contributed by atoms with Gasteiger partial charge in [-0.3, -0.25) is 9.59 Å². The van der Waals surface area contributed by atoms with Crippen LogP contribution in [-0.2, 0) is 15.8 Å². The van der Waals surface area contributed by atoms with Gasteiger partial charge >= 0.3 is 6.18 Å². The van der Waals surface area contributed by atoms with Crippen molar-refractivity contribution in [3.8, 4) is 5.75 Å². The number of alkyl halides is 3. The molecule has 1 saturated heterocycles. The van der Waals surface area contributed by atoms with E-state index in [9.17, 15) is 22.8 Å². The molecule has 2 aromatic rings. The summed E-state index contributed by atoms with van der Waals surface area (Å²) >= 11 is 0. The summed E-state index contributed by atoms with van der Waals surface area (Å²) in [6.07, 6.45) is -4.14. The van der Waals surface area contributed by atoms with Gasteiger partial charge < -0.3 is 15.4 Å². The first-order valence-electron chi connectivity index (χ1n) is 8.70. The largest absolute Gasteiger partial charge is 0.497 e. The number of hydrogen-bond donors (Lipinski definition) is 2. The summed E-state index contributed by atoms with van der Waals surface area (Å²) in [5.41, 5.74) is -0.612. The van der Waals surface area contributed by atoms with E-state index in [1.54, 1.807) is 24.3 Å². The van der Waals surface area contributed by atoms with E-state index in [2.05, 4.69) is 10.6 Å². The number of hydrogen-bond acceptors (Lipinski definition) is 3. The first kappa shape index (κ1) is 19.7. The van der Waals surface area contributed by atoms with Crippen molar-refractivity contribution in [2.45, 2.75) is 18.5 Å². The fourth-order valence-electron chi connectivity index (χ4n) is 3.39. The van der Waals surface area contributed by atoms with Crippen LogP contribution in [0.15, 0.2) is 48.5 Å². The number of piperidine rings is 1. The van der Waals surface area contributed by atoms with Crippen molar-refractivity contribution < 1.29 is 27.5 Å². The lowest BCUT2D eigenvalue weighted by Crippen LogP contribution is -2.46. The molecule has 148 valence electrons. The molecule has 2 amide bonds. The van der Waals surface area contributed by atoms with Gasteiger partial charge in [0.15, 0.2) is 0 Å². The second-order valence-electron chi connectivity index (χ2n) is 6.47. The molecule has 1 aliphatic rings. The summed E-state index contributed by atoms with van der Waals surface area (Å²) in [6, 6.07) is 11.7. The number of carbonyl (C=O) groups excluding carboxylic acids is 2. The number of rotatable bonds is 4. The highest BCUT2D eigenvalue weighted by Crippen LogP contribution is 2.37. The van der Waals surface area contributed by atoms with E-state index >= 15 is 0 Å². The van der Waals surface area contributed by atoms with E-state index in [-0.39, 0.29) is 5.69 Å². The fourth-order valence-corrected chi connectivity index (χ4v) is 3.39. The molecule has 0 aromatic heterocycles. The van der Waals surface area contributed by atoms with Crippen molar-refractivity contribution >= 4 is 17.5 Å². The Hall–Kier alpha value is -3.03. The zero-order valence-electron chi connectivity index (χ0n) is 15.0. The monoisotopic (exact) mass is 392 g/mol. The summed E-state index contributed by atoms with van der Waals surface area (Å²) < 4.78 is 44.8. The van der Waals surface area contributed by atoms with Crippen LogP contribution in [0.1, 0.15) is 23.5 Å². The van der Waals surface area contributed by atoms with Crippen LogP contribution in [0.25, 0.3) is 0 Å². The van der Waals surface area contributed by atoms with Gasteiger partial charge in [-0.1, -0.05) is 24.3 Å². The van der Waals surface area contributed by atoms with Gasteiger partial charge in [-0.2, -0.15) is 13.2 Å². The number of halogens is 3. The lowest BCUT2D eigenvalue weighted by Gasteiger charge is -2.31. The number of carbonyl (C=O) groups is 2. The minimum atomic E-state index is -4.62. The maximum Gasteiger partial charge on any atom is 0.418 e. The average Bonchev–Trinajstić information content (AvgIpc) is 2.67. The van der Waals surface area contributed by atoms with Crippen LogP contribution in [0, 0.1) is 5.92 Å². The molecule has 1 fully saturated rings. The maximum atomic E-state index is 13.2. The Morgan fingerprint density at radius 3 is 2.64 bits per heavy atom. The molecular weight excluding hydrogens is 373 g/mol. The lowest BCUT2D eigenvalue weighted by atomic mass is 9.80. The molecule has 0 radical (unpaired) electrons. The predicted molar refractivity (Wildman–Crippen MR) is 96.9 cm³/mol. The molecule has 1 heterocycles. The third-order valence-corrected chi connectivity index (χ3v) is 4.73. The number of ether oxygens (including phenoxy) is 1. The van der Waals surface area contributed by atoms with Crippen LogP contribution in [-0.4, -0.2) is 25.5 Å². The minimum Gasteiger partial charge on any atom is -0.497 e. The second-order valence-corrected chi connectivity index (χ2v) is 6.47. The van der Waals surface area contributed by atoms with Crippen molar-refractivity contribution in [1.29, 1.82) is 0 Å². The van der Waals surface area contributed by atoms with Gasteiger partial charge in [0.25, 0.3) is 0 Å². The SMILES string of the molecule is COc1cccc(C2CCNC(=O)C2C(=O)Nc2ccccc2C(F)(F)F)c1. The maximum absolute atomic E-state index is 13.2. The van der Waals surface area contributed by atoms with Crippen LogP contribution < -0.4 is 15.4 Å². The Kier molecular flexibility index (Phi) is 5.58. The standard InChI is InChI=1S/C20H19F3N2O3/c1-28-13-6-4-5-12(11-13)14-9-10-24-18(26)17(14)19(27)25-16-8-3-2-7-15(16)20(21,22)23/h2-8,11,14,17H,9-10H2,1H3,(H,24,26)(H,25,27). The molecular formula is C20H19F3N2O3. The van der Waals surface area contributed by atoms with Crippen molar-refractivity contribution in [1.82, 2.24) is 5.32 Å². The fraction of sp³-hybridized carbons (Fsp3) is 0.300. The van der Waals surface area contributed by atoms with Crippen LogP contribution in [0.2, 0.25) is 0 Å². The van der Waals surface area contributed by atoms with Gasteiger partial charge in [0.2, 0.25) is 11.8 Å². The molecule has 5 nitrogen and oxygen atoms in total. The molecule has 28 heavy (non-hydrogen) atoms. The lowest BCUT2D eigenvalue weighted by molar-refractivity contribution is -0.137. The Bertz CT molecular complexity index is 883. The van der Waals surface area contributed by atoms with Crippen LogP contribution >= 0.6 is 0 Å². The van der Waals surface area contributed by atoms with Crippen molar-refractivity contribution in [3.05, 3.63) is 59.7 Å². The van der Waals surface area contributed by atoms with E-state index < -0.39 is 35.4 Å². The quantitative estimate of drug-likeness (QED) is 0.782. The molecule has 2 atom stereocenters. The zero-order valence-corrected chi connectivity index (χ0v) is 15.0. The first-order valence-corrected chi connectivity index (χ1v) is 8.70. The number of para-hydroxylation sites is 1. The third-order valence-electron chi connectivity index (χ3n) is 4.73. The summed E-state index contributed by atoms with van der Waals surface area (Å²) in [5.74, 6) is -2.34. The number of methoxy groups -OCH3 is 1. The van der Waals surface area contributed by atoms with Crippen molar-refractivity contribution in [2.75, 3.05) is 19.0 Å². The molecule has 3 rings (SSSR count). The number of benzene rings is 2. The van der Waals surface area contributed by atoms with E-state index in [1.807, 2.05) is 0 Å². The number of amides is 2. The molecule has 0 saturated carbocycles. The Morgan fingerprint density at radius 2 is 1.93 bits per heavy atom. The van der Waals surface area contributed by atoms with Crippen LogP contribution in [0.3, 0.4) is 0 Å². The highest BCUT2D eigenvalue weighted by Gasteiger charge is 2.40. The van der Waals surface area contributed by atoms with Crippen molar-refractivity contribution in [2.24, 2.45) is 5.92 Å². The molecule has 2 N–H and O–H groups in total. The molecule has 1 aliphatic heterocycles. The molecule has 8 heteroatoms. The molecule has 0 spiro atoms. The second kappa shape index (κ2) is 7.92. The van der Waals surface area contributed by atoms with E-state index in [0.717, 1.165) is 11.6 Å². The number of anilines is 1. The topological polar surface area (TPSA) is 67.4 Å². The van der Waals surface area contributed by atoms with E-state index in [0.29, 0.717) is 18.7 Å². The first-order chi connectivity index (χ1) is 13.3. The van der Waals surface area contributed by atoms with Gasteiger partial charge in [-0.15, -0.1) is 0 Å². The van der Waals surface area contributed by atoms with Crippen molar-refractivity contribution in [3.63, 3.8) is 0 Å². The summed E-state index contributed by atoms with van der Waals surface area (Å²) in [6.45, 7) is 0.379. The summed E-state index contributed by atoms with van der Waals surface area (Å²) in [5, 5.41) is 4.91. The minimum absolute atomic E-state index is 0.372. The Morgan fingerprint density at radius 1 is 1.18 bits per heavy atom. The smallest absolute Gasteiger partial charge is 0.418 e. The van der Waals surface area contributed by atoms with Gasteiger partial charge in [0.1, 0.15) is 11.7 Å². The highest BCUT2D eigenvalue weighted by molar-refractivity contribution is 6.08. The van der Waals surface area contributed by atoms with Gasteiger partial charge in [0.05, 0.1) is 18.4 Å². The van der Waals surface area contributed by atoms with E-state index in [1.165, 1.54) is 25.3 Å². The molecule has 0 aliphatic carbocycles. The predicted octanol–water partition coefficient (Wildman–Crippen LogP) is 3.57. The highest BCUT2D eigenvalue weighted by atomic mass is 19.4. The van der Waals surface area contributed by atoms with Gasteiger partial charge in [0, 0.05) is 12.5 Å². The van der Waals surface area contributed by atoms with Crippen LogP contribution in [0.4, 0.5) is 18.9 Å². The normalized spacial score (nSPS) is 19.6. The molecule has 2 unspecified atom stereocenters. The Balaban J connectivity index is 1.91. The summed E-state index contributed by atoms with van der Waals surface area (Å²) in [4.78, 5) is 25.2.